The average Bonchev–Trinajstić information content (AvgIpc) is 2.81. The Balaban J connectivity index is 1.74. The van der Waals surface area contributed by atoms with Gasteiger partial charge in [0.1, 0.15) is 0 Å². The predicted octanol–water partition coefficient (Wildman–Crippen LogP) is 4.68. The number of pyridine rings is 1. The number of benzene rings is 2. The molecule has 0 unspecified atom stereocenters. The maximum absolute atomic E-state index is 12.0. The monoisotopic (exact) mass is 436 g/mol. The second-order valence-electron chi connectivity index (χ2n) is 7.44. The zero-order chi connectivity index (χ0) is 22.9. The van der Waals surface area contributed by atoms with Crippen LogP contribution in [0.15, 0.2) is 48.5 Å². The molecule has 0 aliphatic heterocycles. The van der Waals surface area contributed by atoms with Gasteiger partial charge in [-0.3, -0.25) is 4.79 Å². The first-order valence-electron chi connectivity index (χ1n) is 10.7. The summed E-state index contributed by atoms with van der Waals surface area (Å²) < 4.78 is 11.1. The lowest BCUT2D eigenvalue weighted by atomic mass is 10.0. The van der Waals surface area contributed by atoms with Gasteiger partial charge in [0.05, 0.1) is 23.9 Å². The summed E-state index contributed by atoms with van der Waals surface area (Å²) in [6.45, 7) is 2.67. The first kappa shape index (κ1) is 23.1. The van der Waals surface area contributed by atoms with Crippen molar-refractivity contribution in [3.8, 4) is 22.8 Å². The van der Waals surface area contributed by atoms with Gasteiger partial charge in [-0.25, -0.2) is 9.78 Å². The van der Waals surface area contributed by atoms with E-state index >= 15 is 0 Å². The summed E-state index contributed by atoms with van der Waals surface area (Å²) >= 11 is 0. The van der Waals surface area contributed by atoms with E-state index in [0.717, 1.165) is 25.7 Å². The van der Waals surface area contributed by atoms with Gasteiger partial charge >= 0.3 is 5.97 Å². The average molecular weight is 437 g/mol. The fourth-order valence-electron chi connectivity index (χ4n) is 3.42. The summed E-state index contributed by atoms with van der Waals surface area (Å²) in [5.41, 5.74) is 1.97. The maximum Gasteiger partial charge on any atom is 0.336 e. The Morgan fingerprint density at radius 3 is 2.59 bits per heavy atom. The molecule has 3 aromatic rings. The fraction of sp³-hybridized carbons (Fsp3) is 0.320. The minimum absolute atomic E-state index is 0.110. The molecule has 168 valence electrons. The molecule has 2 aromatic carbocycles. The van der Waals surface area contributed by atoms with Crippen LogP contribution in [0.2, 0.25) is 0 Å². The Morgan fingerprint density at radius 1 is 1.03 bits per heavy atom. The largest absolute Gasteiger partial charge is 0.493 e. The summed E-state index contributed by atoms with van der Waals surface area (Å²) in [5.74, 6) is -0.339. The highest BCUT2D eigenvalue weighted by Gasteiger charge is 2.15. The molecule has 0 radical (unpaired) electrons. The second-order valence-corrected chi connectivity index (χ2v) is 7.44. The molecule has 0 saturated carbocycles. The minimum atomic E-state index is -1.02. The third-order valence-corrected chi connectivity index (χ3v) is 5.12. The number of aromatic carboxylic acids is 1. The third kappa shape index (κ3) is 5.75. The summed E-state index contributed by atoms with van der Waals surface area (Å²) in [6.07, 6.45) is 4.36. The van der Waals surface area contributed by atoms with E-state index in [9.17, 15) is 14.7 Å². The number of nitrogens with zero attached hydrogens (tertiary/aromatic N) is 1. The van der Waals surface area contributed by atoms with E-state index in [4.69, 9.17) is 9.47 Å². The Hall–Kier alpha value is -3.61. The minimum Gasteiger partial charge on any atom is -0.493 e. The molecule has 7 heteroatoms. The molecule has 7 nitrogen and oxygen atoms in total. The fourth-order valence-corrected chi connectivity index (χ4v) is 3.42. The van der Waals surface area contributed by atoms with Crippen LogP contribution in [-0.4, -0.2) is 42.2 Å². The van der Waals surface area contributed by atoms with Crippen molar-refractivity contribution in [3.63, 3.8) is 0 Å². The van der Waals surface area contributed by atoms with Crippen molar-refractivity contribution in [1.82, 2.24) is 10.3 Å². The van der Waals surface area contributed by atoms with E-state index in [1.54, 1.807) is 42.5 Å². The molecule has 32 heavy (non-hydrogen) atoms. The standard InChI is InChI=1S/C25H28N2O5/c1-3-4-5-8-13-26-24(28)16-32-22-12-11-17(14-23(22)31-2)21-15-19(25(29)30)18-9-6-7-10-20(18)27-21/h6-7,9-12,14-15H,3-5,8,13,16H2,1-2H3,(H,26,28)(H,29,30). The van der Waals surface area contributed by atoms with Crippen molar-refractivity contribution in [2.75, 3.05) is 20.3 Å². The number of hydrogen-bond donors (Lipinski definition) is 2. The molecule has 0 atom stereocenters. The summed E-state index contributed by atoms with van der Waals surface area (Å²) in [7, 11) is 1.51. The van der Waals surface area contributed by atoms with Gasteiger partial charge in [0, 0.05) is 17.5 Å². The number of aromatic nitrogens is 1. The number of fused-ring (bicyclic) bond motifs is 1. The molecule has 1 heterocycles. The molecule has 0 bridgehead atoms. The molecule has 0 aliphatic rings. The molecule has 3 rings (SSSR count). The molecular formula is C25H28N2O5. The van der Waals surface area contributed by atoms with E-state index in [1.165, 1.54) is 7.11 Å². The van der Waals surface area contributed by atoms with Crippen LogP contribution in [0.3, 0.4) is 0 Å². The number of carbonyl (C=O) groups is 2. The van der Waals surface area contributed by atoms with Crippen molar-refractivity contribution in [3.05, 3.63) is 54.1 Å². The van der Waals surface area contributed by atoms with Gasteiger partial charge in [-0.05, 0) is 36.8 Å². The Kier molecular flexibility index (Phi) is 8.02. The zero-order valence-corrected chi connectivity index (χ0v) is 18.4. The van der Waals surface area contributed by atoms with Crippen LogP contribution in [0.25, 0.3) is 22.2 Å². The summed E-state index contributed by atoms with van der Waals surface area (Å²) in [6, 6.07) is 13.8. The number of unbranched alkanes of at least 4 members (excludes halogenated alkanes) is 3. The second kappa shape index (κ2) is 11.1. The van der Waals surface area contributed by atoms with E-state index < -0.39 is 5.97 Å². The van der Waals surface area contributed by atoms with E-state index in [2.05, 4.69) is 17.2 Å². The Labute approximate surface area is 187 Å². The highest BCUT2D eigenvalue weighted by atomic mass is 16.5. The van der Waals surface area contributed by atoms with Gasteiger partial charge in [-0.1, -0.05) is 44.4 Å². The number of ether oxygens (including phenoxy) is 2. The van der Waals surface area contributed by atoms with E-state index in [1.807, 2.05) is 6.07 Å². The molecule has 0 fully saturated rings. The van der Waals surface area contributed by atoms with Crippen LogP contribution in [-0.2, 0) is 4.79 Å². The number of amides is 1. The van der Waals surface area contributed by atoms with Crippen LogP contribution < -0.4 is 14.8 Å². The van der Waals surface area contributed by atoms with Crippen LogP contribution in [0, 0.1) is 0 Å². The molecule has 1 amide bonds. The molecule has 1 aromatic heterocycles. The number of carboxylic acid groups (broad SMARTS) is 1. The predicted molar refractivity (Wildman–Crippen MR) is 123 cm³/mol. The first-order chi connectivity index (χ1) is 15.5. The lowest BCUT2D eigenvalue weighted by Crippen LogP contribution is -2.29. The normalized spacial score (nSPS) is 10.7. The van der Waals surface area contributed by atoms with Crippen molar-refractivity contribution in [2.45, 2.75) is 32.6 Å². The number of para-hydroxylation sites is 1. The molecule has 0 saturated heterocycles. The van der Waals surface area contributed by atoms with Crippen LogP contribution in [0.4, 0.5) is 0 Å². The van der Waals surface area contributed by atoms with Crippen molar-refractivity contribution in [1.29, 1.82) is 0 Å². The molecule has 0 aliphatic carbocycles. The molecular weight excluding hydrogens is 408 g/mol. The molecule has 0 spiro atoms. The van der Waals surface area contributed by atoms with Crippen LogP contribution in [0.5, 0.6) is 11.5 Å². The first-order valence-corrected chi connectivity index (χ1v) is 10.7. The van der Waals surface area contributed by atoms with Crippen LogP contribution in [0.1, 0.15) is 43.0 Å². The van der Waals surface area contributed by atoms with Crippen molar-refractivity contribution >= 4 is 22.8 Å². The topological polar surface area (TPSA) is 97.8 Å². The summed E-state index contributed by atoms with van der Waals surface area (Å²) in [5, 5.41) is 13.0. The quantitative estimate of drug-likeness (QED) is 0.424. The number of hydrogen-bond acceptors (Lipinski definition) is 5. The number of methoxy groups -OCH3 is 1. The maximum atomic E-state index is 12.0. The van der Waals surface area contributed by atoms with E-state index in [-0.39, 0.29) is 18.1 Å². The van der Waals surface area contributed by atoms with Gasteiger partial charge in [0.2, 0.25) is 0 Å². The van der Waals surface area contributed by atoms with Crippen molar-refractivity contribution < 1.29 is 24.2 Å². The number of rotatable bonds is 11. The van der Waals surface area contributed by atoms with Gasteiger partial charge in [-0.2, -0.15) is 0 Å². The van der Waals surface area contributed by atoms with Gasteiger partial charge < -0.3 is 19.9 Å². The summed E-state index contributed by atoms with van der Waals surface area (Å²) in [4.78, 5) is 28.4. The SMILES string of the molecule is CCCCCCNC(=O)COc1ccc(-c2cc(C(=O)O)c3ccccc3n2)cc1OC. The third-order valence-electron chi connectivity index (χ3n) is 5.12. The van der Waals surface area contributed by atoms with E-state index in [0.29, 0.717) is 40.2 Å². The Morgan fingerprint density at radius 2 is 1.84 bits per heavy atom. The van der Waals surface area contributed by atoms with Crippen molar-refractivity contribution in [2.24, 2.45) is 0 Å². The highest BCUT2D eigenvalue weighted by Crippen LogP contribution is 2.33. The number of nitrogens with one attached hydrogen (secondary N) is 1. The van der Waals surface area contributed by atoms with Gasteiger partial charge in [-0.15, -0.1) is 0 Å². The highest BCUT2D eigenvalue weighted by molar-refractivity contribution is 6.03. The van der Waals surface area contributed by atoms with Gasteiger partial charge in [0.15, 0.2) is 18.1 Å². The number of carbonyl (C=O) groups excluding carboxylic acids is 1. The smallest absolute Gasteiger partial charge is 0.336 e. The zero-order valence-electron chi connectivity index (χ0n) is 18.4. The number of carboxylic acids is 1. The van der Waals surface area contributed by atoms with Crippen LogP contribution >= 0.6 is 0 Å². The van der Waals surface area contributed by atoms with Gasteiger partial charge in [0.25, 0.3) is 5.91 Å². The molecule has 2 N–H and O–H groups in total. The lowest BCUT2D eigenvalue weighted by Gasteiger charge is -2.13. The Bertz CT molecular complexity index is 1100. The lowest BCUT2D eigenvalue weighted by molar-refractivity contribution is -0.123.